The summed E-state index contributed by atoms with van der Waals surface area (Å²) in [6, 6.07) is 0. The lowest BCUT2D eigenvalue weighted by Crippen LogP contribution is -1.78. The lowest BCUT2D eigenvalue weighted by molar-refractivity contribution is 0.612. The highest BCUT2D eigenvalue weighted by Crippen LogP contribution is 2.26. The largest absolute Gasteiger partial charge is 0.0625 e. The van der Waals surface area contributed by atoms with Gasteiger partial charge in [-0.05, 0) is 47.2 Å². The lowest BCUT2D eigenvalue weighted by Gasteiger charge is -1.91. The maximum atomic E-state index is 7.52. The standard InChI is InChI=1S/8C6H12/c8*1-6-4-2-3-5-6/h8*6H,2-5H2,1H3/i2D,4D,6D;4D,6D;4D,5D;2D,6D;2D,4D;6D;4D;2D. The van der Waals surface area contributed by atoms with Gasteiger partial charge in [-0.1, -0.05) is 261 Å². The highest BCUT2D eigenvalue weighted by Gasteiger charge is 2.11. The van der Waals surface area contributed by atoms with E-state index < -0.39 is 18.2 Å². The highest BCUT2D eigenvalue weighted by molar-refractivity contribution is 4.64. The molecule has 0 nitrogen and oxygen atoms in total. The van der Waals surface area contributed by atoms with E-state index in [2.05, 4.69) is 20.8 Å². The molecular weight excluding hydrogens is 577 g/mol. The van der Waals surface area contributed by atoms with E-state index in [0.717, 1.165) is 115 Å². The van der Waals surface area contributed by atoms with Crippen molar-refractivity contribution in [3.8, 4) is 0 Å². The topological polar surface area (TPSA) is 0 Å². The number of hydrogen-bond donors (Lipinski definition) is 0. The van der Waals surface area contributed by atoms with Crippen LogP contribution >= 0.6 is 0 Å². The van der Waals surface area contributed by atoms with E-state index in [9.17, 15) is 0 Å². The van der Waals surface area contributed by atoms with Crippen LogP contribution in [-0.4, -0.2) is 0 Å². The van der Waals surface area contributed by atoms with E-state index >= 15 is 0 Å². The lowest BCUT2D eigenvalue weighted by atomic mass is 10.2. The predicted octanol–water partition coefficient (Wildman–Crippen LogP) is 17.6. The van der Waals surface area contributed by atoms with Gasteiger partial charge < -0.3 is 0 Å². The van der Waals surface area contributed by atoms with Gasteiger partial charge in [0.2, 0.25) is 0 Å². The van der Waals surface area contributed by atoms with Crippen molar-refractivity contribution in [2.24, 2.45) is 47.2 Å². The molecule has 0 bridgehead atoms. The van der Waals surface area contributed by atoms with Crippen molar-refractivity contribution in [1.29, 1.82) is 0 Å². The van der Waals surface area contributed by atoms with Crippen molar-refractivity contribution in [2.45, 2.75) is 261 Å². The van der Waals surface area contributed by atoms with Gasteiger partial charge in [-0.25, -0.2) is 0 Å². The van der Waals surface area contributed by atoms with Gasteiger partial charge in [-0.2, -0.15) is 0 Å². The quantitative estimate of drug-likeness (QED) is 0.238. The summed E-state index contributed by atoms with van der Waals surface area (Å²) in [7, 11) is 0. The zero-order chi connectivity index (χ0) is 47.6. The first-order chi connectivity index (χ1) is 28.5. The molecule has 0 radical (unpaired) electrons. The molecule has 16 unspecified atom stereocenters. The van der Waals surface area contributed by atoms with Crippen LogP contribution in [0.4, 0.5) is 0 Å². The van der Waals surface area contributed by atoms with E-state index in [4.69, 9.17) is 19.2 Å². The third kappa shape index (κ3) is 29.7. The summed E-state index contributed by atoms with van der Waals surface area (Å²) in [6.45, 7) is 16.0. The molecule has 0 aromatic rings. The fraction of sp³-hybridized carbons (Fsp3) is 1.00. The van der Waals surface area contributed by atoms with Crippen molar-refractivity contribution in [3.63, 3.8) is 0 Å². The SMILES string of the molecule is [2H]C1(C)CCCC1.[2H]C1CCC(C)C1.[2H]C1CCC(C)C1[2H].[2H]C1CCC([2H])(C)C1.[2H]C1CCC([2H])(C)C1[2H].[2H]C1CCC([2H])C1C.[2H]C1CCCC1([2H])C.[2H]C1CCCC1C. The second-order valence-corrected chi connectivity index (χ2v) is 16.1. The second kappa shape index (κ2) is 31.7. The van der Waals surface area contributed by atoms with Crippen LogP contribution in [0.25, 0.3) is 0 Å². The summed E-state index contributed by atoms with van der Waals surface area (Å²) in [6.07, 6.45) is 22.5. The Kier molecular flexibility index (Phi) is 18.2. The van der Waals surface area contributed by atoms with Gasteiger partial charge in [0.25, 0.3) is 0 Å². The van der Waals surface area contributed by atoms with Crippen LogP contribution in [0.15, 0.2) is 0 Å². The third-order valence-electron chi connectivity index (χ3n) is 10.5. The molecule has 0 saturated heterocycles. The summed E-state index contributed by atoms with van der Waals surface area (Å²) >= 11 is 0. The van der Waals surface area contributed by atoms with E-state index in [0.29, 0.717) is 17.8 Å². The molecule has 8 rings (SSSR count). The summed E-state index contributed by atoms with van der Waals surface area (Å²) in [5.41, 5.74) is 0. The Morgan fingerprint density at radius 2 is 0.646 bits per heavy atom. The first-order valence-electron chi connectivity index (χ1n) is 28.5. The van der Waals surface area contributed by atoms with E-state index in [1.807, 2.05) is 27.7 Å². The zero-order valence-electron chi connectivity index (χ0n) is 47.6. The molecule has 16 atom stereocenters. The van der Waals surface area contributed by atoms with Gasteiger partial charge in [-0.3, -0.25) is 0 Å². The summed E-state index contributed by atoms with van der Waals surface area (Å²) < 4.78 is 103. The van der Waals surface area contributed by atoms with Crippen LogP contribution in [0.1, 0.15) is 280 Å². The third-order valence-corrected chi connectivity index (χ3v) is 10.5. The molecular formula is C48H96. The zero-order valence-corrected chi connectivity index (χ0v) is 33.6. The minimum Gasteiger partial charge on any atom is -0.0625 e. The van der Waals surface area contributed by atoms with Gasteiger partial charge in [-0.15, -0.1) is 0 Å². The molecule has 288 valence electrons. The van der Waals surface area contributed by atoms with Gasteiger partial charge in [0.05, 0.1) is 0 Å². The van der Waals surface area contributed by atoms with Crippen LogP contribution in [0.2, 0.25) is 0 Å². The molecule has 0 aliphatic heterocycles. The van der Waals surface area contributed by atoms with Gasteiger partial charge in [0.1, 0.15) is 0 Å². The molecule has 0 aromatic heterocycles. The van der Waals surface area contributed by atoms with E-state index in [1.165, 1.54) is 32.1 Å². The van der Waals surface area contributed by atoms with Crippen LogP contribution in [-0.2, 0) is 0 Å². The normalized spacial score (nSPS) is 58.2. The average molecular weight is 687 g/mol. The molecule has 48 heavy (non-hydrogen) atoms. The maximum Gasteiger partial charge on any atom is 0.0300 e. The summed E-state index contributed by atoms with van der Waals surface area (Å²) in [5, 5.41) is 0. The minimum absolute atomic E-state index is 0.0532. The number of rotatable bonds is 0. The first kappa shape index (κ1) is 27.6. The highest BCUT2D eigenvalue weighted by atomic mass is 14.2. The average Bonchev–Trinajstić information content (AvgIpc) is 4.10. The van der Waals surface area contributed by atoms with E-state index in [-0.39, 0.29) is 69.4 Å². The second-order valence-electron chi connectivity index (χ2n) is 16.1. The van der Waals surface area contributed by atoms with Gasteiger partial charge in [0.15, 0.2) is 0 Å². The van der Waals surface area contributed by atoms with Gasteiger partial charge >= 0.3 is 0 Å². The first-order valence-corrected chi connectivity index (χ1v) is 20.7. The number of hydrogen-bond acceptors (Lipinski definition) is 0. The Morgan fingerprint density at radius 3 is 0.812 bits per heavy atom. The van der Waals surface area contributed by atoms with Crippen molar-refractivity contribution in [1.82, 2.24) is 0 Å². The van der Waals surface area contributed by atoms with Gasteiger partial charge in [0, 0.05) is 19.2 Å². The Morgan fingerprint density at radius 1 is 0.271 bits per heavy atom. The Labute approximate surface area is 327 Å². The maximum absolute atomic E-state index is 7.52. The van der Waals surface area contributed by atoms with Crippen molar-refractivity contribution in [3.05, 3.63) is 0 Å². The molecule has 0 heterocycles. The molecule has 0 heteroatoms. The van der Waals surface area contributed by atoms with Crippen molar-refractivity contribution < 1.29 is 19.2 Å². The van der Waals surface area contributed by atoms with Crippen molar-refractivity contribution in [2.75, 3.05) is 0 Å². The molecule has 8 aliphatic carbocycles. The van der Waals surface area contributed by atoms with Crippen LogP contribution in [0.5, 0.6) is 0 Å². The van der Waals surface area contributed by atoms with Crippen LogP contribution in [0, 0.1) is 47.2 Å². The Bertz CT molecular complexity index is 1100. The molecule has 0 spiro atoms. The Balaban J connectivity index is 0.000000355. The minimum atomic E-state index is -0.646. The summed E-state index contributed by atoms with van der Waals surface area (Å²) in [5.74, 6) is 0.897. The molecule has 8 aliphatic rings. The molecule has 8 fully saturated rings. The van der Waals surface area contributed by atoms with Crippen LogP contribution < -0.4 is 0 Å². The van der Waals surface area contributed by atoms with Crippen LogP contribution in [0.3, 0.4) is 0 Å². The predicted molar refractivity (Wildman–Crippen MR) is 221 cm³/mol. The fourth-order valence-corrected chi connectivity index (χ4v) is 6.77. The smallest absolute Gasteiger partial charge is 0.0300 e. The molecule has 8 saturated carbocycles. The fourth-order valence-electron chi connectivity index (χ4n) is 6.77. The molecule has 0 amide bonds. The molecule has 0 aromatic carbocycles. The Hall–Kier alpha value is 0. The van der Waals surface area contributed by atoms with E-state index in [1.54, 1.807) is 6.92 Å². The molecule has 0 N–H and O–H groups in total. The monoisotopic (exact) mass is 687 g/mol. The summed E-state index contributed by atoms with van der Waals surface area (Å²) in [4.78, 5) is 0. The van der Waals surface area contributed by atoms with Crippen molar-refractivity contribution >= 4 is 0 Å².